The van der Waals surface area contributed by atoms with Crippen LogP contribution in [0.1, 0.15) is 23.6 Å². The van der Waals surface area contributed by atoms with E-state index in [-0.39, 0.29) is 17.1 Å². The van der Waals surface area contributed by atoms with Gasteiger partial charge in [-0.3, -0.25) is 14.4 Å². The molecule has 0 atom stereocenters. The number of aryl methyl sites for hydroxylation is 2. The van der Waals surface area contributed by atoms with Crippen molar-refractivity contribution in [2.75, 3.05) is 10.8 Å². The van der Waals surface area contributed by atoms with Gasteiger partial charge in [-0.2, -0.15) is 0 Å². The van der Waals surface area contributed by atoms with Crippen molar-refractivity contribution in [2.45, 2.75) is 25.3 Å². The van der Waals surface area contributed by atoms with Crippen molar-refractivity contribution in [2.24, 2.45) is 0 Å². The van der Waals surface area contributed by atoms with E-state index in [9.17, 15) is 18.5 Å². The fourth-order valence-corrected chi connectivity index (χ4v) is 8.06. The van der Waals surface area contributed by atoms with E-state index in [1.54, 1.807) is 36.4 Å². The molecule has 6 rings (SSSR count). The highest BCUT2D eigenvalue weighted by molar-refractivity contribution is 14.1. The number of halogens is 1. The highest BCUT2D eigenvalue weighted by atomic mass is 127. The number of fused-ring (bicyclic) bond motifs is 5. The van der Waals surface area contributed by atoms with Gasteiger partial charge in [0.1, 0.15) is 0 Å². The Bertz CT molecular complexity index is 1930. The molecule has 39 heavy (non-hydrogen) atoms. The molecule has 0 fully saturated rings. The number of benzene rings is 4. The highest BCUT2D eigenvalue weighted by Gasteiger charge is 2.35. The number of para-hydroxylation sites is 1. The van der Waals surface area contributed by atoms with Gasteiger partial charge in [0.05, 0.1) is 22.1 Å². The van der Waals surface area contributed by atoms with Crippen molar-refractivity contribution in [3.8, 4) is 0 Å². The van der Waals surface area contributed by atoms with E-state index in [0.29, 0.717) is 5.69 Å². The molecule has 7 nitrogen and oxygen atoms in total. The topological polar surface area (TPSA) is 85.5 Å². The van der Waals surface area contributed by atoms with Crippen molar-refractivity contribution < 1.29 is 13.3 Å². The molecule has 0 saturated carbocycles. The second kappa shape index (κ2) is 9.49. The maximum absolute atomic E-state index is 14.1. The van der Waals surface area contributed by atoms with Crippen LogP contribution in [0, 0.1) is 17.0 Å². The van der Waals surface area contributed by atoms with Crippen molar-refractivity contribution in [3.05, 3.63) is 115 Å². The summed E-state index contributed by atoms with van der Waals surface area (Å²) in [7, 11) is -3.87. The van der Waals surface area contributed by atoms with Gasteiger partial charge in [0.15, 0.2) is 0 Å². The van der Waals surface area contributed by atoms with Gasteiger partial charge in [0, 0.05) is 55.2 Å². The standard InChI is InChI=1S/C30H24IN3O4S/c1-3-32-25-7-5-4-6-23(25)29-26(32)16-17-27-30(29)28(20-10-12-21(13-11-20)34(35)36)24(31)18-33(27)39(37,38)22-14-8-19(2)9-15-22/h4-17H,3,18H2,1-2H3. The van der Waals surface area contributed by atoms with Gasteiger partial charge in [0.25, 0.3) is 15.7 Å². The summed E-state index contributed by atoms with van der Waals surface area (Å²) in [6.45, 7) is 4.93. The average molecular weight is 650 g/mol. The largest absolute Gasteiger partial charge is 0.341 e. The molecule has 4 aromatic carbocycles. The Morgan fingerprint density at radius 3 is 2.28 bits per heavy atom. The lowest BCUT2D eigenvalue weighted by atomic mass is 9.90. The van der Waals surface area contributed by atoms with Crippen LogP contribution in [0.2, 0.25) is 0 Å². The lowest BCUT2D eigenvalue weighted by Gasteiger charge is -2.33. The monoisotopic (exact) mass is 649 g/mol. The average Bonchev–Trinajstić information content (AvgIpc) is 3.26. The van der Waals surface area contributed by atoms with Crippen LogP contribution in [0.25, 0.3) is 27.4 Å². The minimum atomic E-state index is -3.87. The van der Waals surface area contributed by atoms with Crippen LogP contribution >= 0.6 is 22.6 Å². The zero-order valence-corrected chi connectivity index (χ0v) is 24.2. The molecule has 5 aromatic rings. The van der Waals surface area contributed by atoms with Crippen LogP contribution < -0.4 is 4.31 Å². The Morgan fingerprint density at radius 2 is 1.62 bits per heavy atom. The number of hydrogen-bond donors (Lipinski definition) is 0. The van der Waals surface area contributed by atoms with Gasteiger partial charge < -0.3 is 4.57 Å². The number of nitro groups is 1. The Morgan fingerprint density at radius 1 is 0.923 bits per heavy atom. The van der Waals surface area contributed by atoms with E-state index in [1.165, 1.54) is 16.4 Å². The first-order valence-electron chi connectivity index (χ1n) is 12.5. The molecule has 0 radical (unpaired) electrons. The molecule has 0 unspecified atom stereocenters. The summed E-state index contributed by atoms with van der Waals surface area (Å²) < 4.78 is 32.7. The van der Waals surface area contributed by atoms with Crippen molar-refractivity contribution in [1.29, 1.82) is 0 Å². The smallest absolute Gasteiger partial charge is 0.269 e. The van der Waals surface area contributed by atoms with Gasteiger partial charge in [-0.1, -0.05) is 35.9 Å². The minimum Gasteiger partial charge on any atom is -0.341 e. The molecule has 9 heteroatoms. The predicted octanol–water partition coefficient (Wildman–Crippen LogP) is 7.43. The summed E-state index contributed by atoms with van der Waals surface area (Å²) in [5, 5.41) is 13.3. The molecule has 0 bridgehead atoms. The molecule has 1 aliphatic heterocycles. The van der Waals surface area contributed by atoms with Crippen LogP contribution in [0.3, 0.4) is 0 Å². The molecule has 196 valence electrons. The lowest BCUT2D eigenvalue weighted by molar-refractivity contribution is -0.384. The van der Waals surface area contributed by atoms with Crippen molar-refractivity contribution in [1.82, 2.24) is 4.57 Å². The summed E-state index contributed by atoms with van der Waals surface area (Å²) in [6, 6.07) is 25.4. The summed E-state index contributed by atoms with van der Waals surface area (Å²) in [5.74, 6) is 0. The first kappa shape index (κ1) is 25.6. The molecule has 1 aromatic heterocycles. The fourth-order valence-electron chi connectivity index (χ4n) is 5.46. The van der Waals surface area contributed by atoms with Crippen molar-refractivity contribution >= 4 is 71.4 Å². The quantitative estimate of drug-likeness (QED) is 0.113. The number of aromatic nitrogens is 1. The molecule has 1 aliphatic rings. The Balaban J connectivity index is 1.69. The summed E-state index contributed by atoms with van der Waals surface area (Å²) in [5.41, 5.74) is 6.18. The molecule has 0 saturated heterocycles. The molecule has 0 N–H and O–H groups in total. The van der Waals surface area contributed by atoms with E-state index in [1.807, 2.05) is 31.2 Å². The third-order valence-corrected chi connectivity index (χ3v) is 9.94. The van der Waals surface area contributed by atoms with E-state index in [4.69, 9.17) is 0 Å². The van der Waals surface area contributed by atoms with E-state index in [2.05, 4.69) is 46.2 Å². The van der Waals surface area contributed by atoms with Crippen LogP contribution in [-0.4, -0.2) is 24.5 Å². The Kier molecular flexibility index (Phi) is 6.22. The number of nitrogens with zero attached hydrogens (tertiary/aromatic N) is 3. The minimum absolute atomic E-state index is 0.00904. The fraction of sp³-hybridized carbons (Fsp3) is 0.133. The van der Waals surface area contributed by atoms with Gasteiger partial charge in [-0.15, -0.1) is 0 Å². The van der Waals surface area contributed by atoms with Crippen LogP contribution in [-0.2, 0) is 16.6 Å². The van der Waals surface area contributed by atoms with Crippen LogP contribution in [0.5, 0.6) is 0 Å². The number of sulfonamides is 1. The SMILES string of the molecule is CCn1c2ccccc2c2c3c(ccc21)N(S(=O)(=O)c1ccc(C)cc1)CC(I)=C3c1ccc([N+](=O)[O-])cc1. The van der Waals surface area contributed by atoms with Crippen LogP contribution in [0.4, 0.5) is 11.4 Å². The lowest BCUT2D eigenvalue weighted by Crippen LogP contribution is -2.35. The number of rotatable bonds is 5. The summed E-state index contributed by atoms with van der Waals surface area (Å²) in [6.07, 6.45) is 0. The third kappa shape index (κ3) is 4.02. The number of non-ortho nitro benzene ring substituents is 1. The number of nitro benzene ring substituents is 1. The Labute approximate surface area is 239 Å². The van der Waals surface area contributed by atoms with Gasteiger partial charge >= 0.3 is 0 Å². The molecular formula is C30H24IN3O4S. The highest BCUT2D eigenvalue weighted by Crippen LogP contribution is 2.48. The van der Waals surface area contributed by atoms with Crippen molar-refractivity contribution in [3.63, 3.8) is 0 Å². The summed E-state index contributed by atoms with van der Waals surface area (Å²) >= 11 is 2.23. The van der Waals surface area contributed by atoms with Gasteiger partial charge in [0.2, 0.25) is 0 Å². The predicted molar refractivity (Wildman–Crippen MR) is 164 cm³/mol. The van der Waals surface area contributed by atoms with Gasteiger partial charge in [-0.25, -0.2) is 8.42 Å². The van der Waals surface area contributed by atoms with Gasteiger partial charge in [-0.05, 0) is 84.5 Å². The third-order valence-electron chi connectivity index (χ3n) is 7.28. The maximum atomic E-state index is 14.1. The summed E-state index contributed by atoms with van der Waals surface area (Å²) in [4.78, 5) is 11.2. The number of anilines is 1. The van der Waals surface area contributed by atoms with E-state index < -0.39 is 14.9 Å². The first-order valence-corrected chi connectivity index (χ1v) is 15.0. The zero-order chi connectivity index (χ0) is 27.5. The molecule has 0 amide bonds. The molecular weight excluding hydrogens is 625 g/mol. The second-order valence-electron chi connectivity index (χ2n) is 9.52. The molecule has 0 spiro atoms. The molecule has 0 aliphatic carbocycles. The van der Waals surface area contributed by atoms with E-state index >= 15 is 0 Å². The normalized spacial score (nSPS) is 13.8. The Hall–Kier alpha value is -3.70. The van der Waals surface area contributed by atoms with E-state index in [0.717, 1.165) is 54.2 Å². The number of hydrogen-bond acceptors (Lipinski definition) is 4. The maximum Gasteiger partial charge on any atom is 0.269 e. The zero-order valence-electron chi connectivity index (χ0n) is 21.3. The molecule has 2 heterocycles. The second-order valence-corrected chi connectivity index (χ2v) is 12.7. The first-order chi connectivity index (χ1) is 18.7. The van der Waals surface area contributed by atoms with Crippen LogP contribution in [0.15, 0.2) is 93.4 Å².